The Labute approximate surface area is 79.6 Å². The average Bonchev–Trinajstić information content (AvgIpc) is 1.39. The number of aliphatic hydroxyl groups excluding tert-OH is 2. The van der Waals surface area contributed by atoms with Crippen LogP contribution in [0.15, 0.2) is 0 Å². The third-order valence-electron chi connectivity index (χ3n) is 0. The van der Waals surface area contributed by atoms with Gasteiger partial charge in [-0.05, 0) is 13.8 Å². The van der Waals surface area contributed by atoms with E-state index in [2.05, 4.69) is 0 Å². The second-order valence-electron chi connectivity index (χ2n) is 0.632. The van der Waals surface area contributed by atoms with Crippen LogP contribution in [0.1, 0.15) is 13.8 Å². The van der Waals surface area contributed by atoms with Crippen LogP contribution in [0.25, 0.3) is 0 Å². The molecule has 2 nitrogen and oxygen atoms in total. The van der Waals surface area contributed by atoms with Crippen molar-refractivity contribution in [3.8, 4) is 0 Å². The molecule has 0 spiro atoms. The monoisotopic (exact) mass is 216 g/mol. The molecule has 0 bridgehead atoms. The second kappa shape index (κ2) is 63.4. The van der Waals surface area contributed by atoms with E-state index in [9.17, 15) is 0 Å². The topological polar surface area (TPSA) is 40.5 Å². The maximum absolute atomic E-state index is 7.57. The predicted octanol–water partition coefficient (Wildman–Crippen LogP) is 0.838. The van der Waals surface area contributed by atoms with Crippen molar-refractivity contribution in [2.75, 3.05) is 13.2 Å². The van der Waals surface area contributed by atoms with E-state index in [1.807, 2.05) is 0 Å². The Morgan fingerprint density at radius 2 is 0.889 bits per heavy atom. The van der Waals surface area contributed by atoms with Gasteiger partial charge in [-0.2, -0.15) is 0 Å². The molecular weight excluding hydrogens is 203 g/mol. The summed E-state index contributed by atoms with van der Waals surface area (Å²) >= 11 is 0. The zero-order valence-corrected chi connectivity index (χ0v) is 8.44. The van der Waals surface area contributed by atoms with Crippen molar-refractivity contribution in [2.24, 2.45) is 0 Å². The largest absolute Gasteiger partial charge is 0.397 e. The van der Waals surface area contributed by atoms with E-state index in [-0.39, 0.29) is 55.4 Å². The van der Waals surface area contributed by atoms with Gasteiger partial charge in [0.25, 0.3) is 0 Å². The minimum atomic E-state index is 0. The molecule has 0 amide bonds. The van der Waals surface area contributed by atoms with Crippen molar-refractivity contribution in [1.29, 1.82) is 0 Å². The van der Waals surface area contributed by atoms with Crippen LogP contribution in [0, 0.1) is 0 Å². The van der Waals surface area contributed by atoms with Crippen LogP contribution in [0.3, 0.4) is 0 Å². The Hall–Kier alpha value is 1.03. The van der Waals surface area contributed by atoms with Crippen LogP contribution >= 0.6 is 24.8 Å². The van der Waals surface area contributed by atoms with Gasteiger partial charge in [0.2, 0.25) is 0 Å². The van der Waals surface area contributed by atoms with E-state index in [1.54, 1.807) is 13.8 Å². The van der Waals surface area contributed by atoms with Gasteiger partial charge in [0.15, 0.2) is 0 Å². The Kier molecular flexibility index (Phi) is 228. The molecule has 0 saturated heterocycles. The molecule has 0 unspecified atom stereocenters. The molecule has 0 aliphatic rings. The number of halogens is 2. The smallest absolute Gasteiger partial charge is 0.0402 e. The van der Waals surface area contributed by atoms with Crippen LogP contribution in [-0.2, 0) is 17.4 Å². The van der Waals surface area contributed by atoms with E-state index in [0.717, 1.165) is 0 Å². The molecule has 0 heterocycles. The Morgan fingerprint density at radius 3 is 0.889 bits per heavy atom. The number of hydrogen-bond donors (Lipinski definition) is 2. The van der Waals surface area contributed by atoms with Gasteiger partial charge in [-0.15, -0.1) is 24.8 Å². The zero-order valence-electron chi connectivity index (χ0n) is 5.53. The van der Waals surface area contributed by atoms with Crippen LogP contribution in [0.2, 0.25) is 0 Å². The molecule has 0 aliphatic heterocycles. The van der Waals surface area contributed by atoms with Crippen molar-refractivity contribution < 1.29 is 27.6 Å². The minimum absolute atomic E-state index is 0. The van der Waals surface area contributed by atoms with Crippen LogP contribution in [0.5, 0.6) is 0 Å². The van der Waals surface area contributed by atoms with Gasteiger partial charge in [0.05, 0.1) is 0 Å². The standard InChI is InChI=1S/2C2H6O.2ClH.Cr/c2*1-2-3;;;/h2*3H,2H2,1H3;2*1H;. The number of hydrogen-bond acceptors (Lipinski definition) is 2. The number of aliphatic hydroxyl groups is 2. The van der Waals surface area contributed by atoms with Crippen LogP contribution in [-0.4, -0.2) is 23.4 Å². The average molecular weight is 217 g/mol. The fourth-order valence-corrected chi connectivity index (χ4v) is 0. The summed E-state index contributed by atoms with van der Waals surface area (Å²) in [4.78, 5) is 0. The van der Waals surface area contributed by atoms with Gasteiger partial charge in [0.1, 0.15) is 0 Å². The zero-order chi connectivity index (χ0) is 5.41. The molecule has 0 saturated carbocycles. The van der Waals surface area contributed by atoms with Gasteiger partial charge in [-0.3, -0.25) is 0 Å². The molecule has 62 valence electrons. The van der Waals surface area contributed by atoms with E-state index in [1.165, 1.54) is 0 Å². The third-order valence-corrected chi connectivity index (χ3v) is 0. The minimum Gasteiger partial charge on any atom is -0.397 e. The van der Waals surface area contributed by atoms with Gasteiger partial charge < -0.3 is 10.2 Å². The van der Waals surface area contributed by atoms with Crippen molar-refractivity contribution in [3.05, 3.63) is 0 Å². The fourth-order valence-electron chi connectivity index (χ4n) is 0. The molecule has 0 aromatic carbocycles. The molecule has 5 heteroatoms. The first-order valence-corrected chi connectivity index (χ1v) is 2.05. The van der Waals surface area contributed by atoms with E-state index < -0.39 is 0 Å². The number of rotatable bonds is 0. The Morgan fingerprint density at radius 1 is 0.889 bits per heavy atom. The summed E-state index contributed by atoms with van der Waals surface area (Å²) in [5.41, 5.74) is 0. The maximum Gasteiger partial charge on any atom is 0.0402 e. The summed E-state index contributed by atoms with van der Waals surface area (Å²) in [6, 6.07) is 0. The first kappa shape index (κ1) is 32.3. The van der Waals surface area contributed by atoms with Crippen molar-refractivity contribution in [3.63, 3.8) is 0 Å². The fraction of sp³-hybridized carbons (Fsp3) is 1.00. The summed E-state index contributed by atoms with van der Waals surface area (Å²) in [5.74, 6) is 0. The molecule has 0 atom stereocenters. The van der Waals surface area contributed by atoms with Crippen LogP contribution in [0.4, 0.5) is 0 Å². The molecule has 0 fully saturated rings. The molecule has 0 rings (SSSR count). The molecule has 0 aromatic heterocycles. The summed E-state index contributed by atoms with van der Waals surface area (Å²) in [7, 11) is 0. The van der Waals surface area contributed by atoms with Gasteiger partial charge in [-0.1, -0.05) is 0 Å². The van der Waals surface area contributed by atoms with Crippen molar-refractivity contribution in [2.45, 2.75) is 13.8 Å². The summed E-state index contributed by atoms with van der Waals surface area (Å²) in [6.07, 6.45) is 0. The van der Waals surface area contributed by atoms with Gasteiger partial charge in [-0.25, -0.2) is 0 Å². The SMILES string of the molecule is CCO.CCO.Cl.Cl.[Cr]. The molecule has 2 N–H and O–H groups in total. The normalized spacial score (nSPS) is 4.00. The third kappa shape index (κ3) is 419. The van der Waals surface area contributed by atoms with Crippen molar-refractivity contribution in [1.82, 2.24) is 0 Å². The summed E-state index contributed by atoms with van der Waals surface area (Å²) < 4.78 is 0. The second-order valence-corrected chi connectivity index (χ2v) is 0.632. The van der Waals surface area contributed by atoms with Crippen molar-refractivity contribution >= 4 is 24.8 Å². The predicted molar refractivity (Wildman–Crippen MR) is 40.0 cm³/mol. The van der Waals surface area contributed by atoms with E-state index in [4.69, 9.17) is 10.2 Å². The van der Waals surface area contributed by atoms with E-state index in [0.29, 0.717) is 0 Å². The maximum atomic E-state index is 7.57. The first-order valence-electron chi connectivity index (χ1n) is 2.05. The molecule has 9 heavy (non-hydrogen) atoms. The molecule has 0 aromatic rings. The Balaban J connectivity index is -0.00000000889. The van der Waals surface area contributed by atoms with Gasteiger partial charge in [0, 0.05) is 30.6 Å². The first-order chi connectivity index (χ1) is 2.83. The molecular formula is C4H14Cl2CrO2. The summed E-state index contributed by atoms with van der Waals surface area (Å²) in [5, 5.41) is 15.1. The Bertz CT molecular complexity index is 18.5. The van der Waals surface area contributed by atoms with E-state index >= 15 is 0 Å². The quantitative estimate of drug-likeness (QED) is 0.631. The molecule has 0 radical (unpaired) electrons. The van der Waals surface area contributed by atoms with Crippen LogP contribution < -0.4 is 0 Å². The molecule has 0 aliphatic carbocycles. The summed E-state index contributed by atoms with van der Waals surface area (Å²) in [6.45, 7) is 3.86. The van der Waals surface area contributed by atoms with Gasteiger partial charge >= 0.3 is 0 Å².